The molecule has 5 atom stereocenters. The van der Waals surface area contributed by atoms with Gasteiger partial charge in [-0.05, 0) is 0 Å². The number of anilines is 2. The van der Waals surface area contributed by atoms with Gasteiger partial charge in [-0.1, -0.05) is 0 Å². The molecule has 0 radical (unpaired) electrons. The summed E-state index contributed by atoms with van der Waals surface area (Å²) >= 11 is 0. The number of carbonyl (C=O) groups is 1. The van der Waals surface area contributed by atoms with Gasteiger partial charge in [-0.15, -0.1) is 0 Å². The van der Waals surface area contributed by atoms with Gasteiger partial charge < -0.3 is 45.3 Å². The molecule has 1 aliphatic heterocycles. The summed E-state index contributed by atoms with van der Waals surface area (Å²) in [7, 11) is -5.32. The molecule has 18 nitrogen and oxygen atoms in total. The Morgan fingerprint density at radius 2 is 2.06 bits per heavy atom. The molecule has 1 fully saturated rings. The number of aliphatic hydroxyl groups excluding tert-OH is 2. The molecule has 0 spiro atoms. The van der Waals surface area contributed by atoms with Gasteiger partial charge >= 0.3 is 13.8 Å². The molecule has 1 saturated heterocycles. The van der Waals surface area contributed by atoms with Crippen LogP contribution < -0.4 is 21.9 Å². The van der Waals surface area contributed by atoms with Crippen LogP contribution >= 0.6 is 7.82 Å². The normalized spacial score (nSPS) is 23.8. The number of H-pyrrole nitrogens is 2. The molecule has 190 valence electrons. The van der Waals surface area contributed by atoms with Gasteiger partial charge in [0.1, 0.15) is 35.8 Å². The standard InChI is InChI=1S/C17H18N9O9P/c18-11-8-13(22-3-21-11)26(4-23-8)15-10(28)9(27)6(34-15)2-33-36(31,32)35-16(30)5-1-20-12-7(5)14(29)25-17(19)24-12/h1,3-4,6,9-10,15,27-28H,2H2,(H,31,32)(H2,18,21,22)(H4,19,20,24,25,29)/p-1/t6-,9-,10-,15-/m1/s1. The lowest BCUT2D eigenvalue weighted by Crippen LogP contribution is -2.34. The summed E-state index contributed by atoms with van der Waals surface area (Å²) in [4.78, 5) is 57.1. The first-order chi connectivity index (χ1) is 17.1. The number of hydrogen-bond donors (Lipinski definition) is 6. The second kappa shape index (κ2) is 8.63. The Kier molecular flexibility index (Phi) is 5.70. The van der Waals surface area contributed by atoms with Crippen molar-refractivity contribution < 1.29 is 38.3 Å². The second-order valence-electron chi connectivity index (χ2n) is 7.63. The van der Waals surface area contributed by atoms with Gasteiger partial charge in [0.25, 0.3) is 5.56 Å². The summed E-state index contributed by atoms with van der Waals surface area (Å²) in [6.07, 6.45) is -2.26. The van der Waals surface area contributed by atoms with Crippen molar-refractivity contribution in [2.24, 2.45) is 0 Å². The molecule has 5 heterocycles. The average Bonchev–Trinajstić information content (AvgIpc) is 3.50. The topological polar surface area (TPSA) is 283 Å². The van der Waals surface area contributed by atoms with Crippen molar-refractivity contribution in [1.82, 2.24) is 34.5 Å². The molecule has 0 bridgehead atoms. The van der Waals surface area contributed by atoms with Crippen molar-refractivity contribution >= 4 is 47.8 Å². The van der Waals surface area contributed by atoms with E-state index in [1.165, 1.54) is 17.2 Å². The minimum Gasteiger partial charge on any atom is -0.746 e. The number of imidazole rings is 1. The van der Waals surface area contributed by atoms with E-state index in [0.29, 0.717) is 0 Å². The predicted molar refractivity (Wildman–Crippen MR) is 116 cm³/mol. The Labute approximate surface area is 198 Å². The molecular formula is C17H17N9O9P-. The number of fused-ring (bicyclic) bond motifs is 2. The summed E-state index contributed by atoms with van der Waals surface area (Å²) in [6, 6.07) is 0. The van der Waals surface area contributed by atoms with Crippen LogP contribution in [-0.2, 0) is 18.3 Å². The van der Waals surface area contributed by atoms with Crippen molar-refractivity contribution in [2.75, 3.05) is 18.1 Å². The zero-order chi connectivity index (χ0) is 25.8. The second-order valence-corrected chi connectivity index (χ2v) is 8.96. The van der Waals surface area contributed by atoms with E-state index in [-0.39, 0.29) is 34.0 Å². The number of aromatic amines is 2. The summed E-state index contributed by atoms with van der Waals surface area (Å²) in [5.41, 5.74) is 10.3. The van der Waals surface area contributed by atoms with E-state index in [1.807, 2.05) is 0 Å². The van der Waals surface area contributed by atoms with Gasteiger partial charge in [0, 0.05) is 6.20 Å². The largest absolute Gasteiger partial charge is 0.746 e. The van der Waals surface area contributed by atoms with E-state index in [2.05, 4.69) is 34.4 Å². The van der Waals surface area contributed by atoms with Gasteiger partial charge in [-0.3, -0.25) is 18.9 Å². The van der Waals surface area contributed by atoms with Gasteiger partial charge in [-0.2, -0.15) is 4.98 Å². The highest BCUT2D eigenvalue weighted by molar-refractivity contribution is 7.46. The third-order valence-electron chi connectivity index (χ3n) is 5.37. The van der Waals surface area contributed by atoms with Crippen molar-refractivity contribution in [2.45, 2.75) is 24.5 Å². The highest BCUT2D eigenvalue weighted by Gasteiger charge is 2.45. The maximum atomic E-state index is 12.4. The average molecular weight is 522 g/mol. The molecule has 19 heteroatoms. The SMILES string of the molecule is Nc1nc2[nH]cc(C(=O)OP(=O)([O-])OC[C@H]3O[C@@H](n4cnc5c(N)ncnc54)[C@H](O)[C@@H]3O)c2c(=O)[nH]1. The first-order valence-corrected chi connectivity index (χ1v) is 11.5. The summed E-state index contributed by atoms with van der Waals surface area (Å²) in [5, 5.41) is 20.5. The lowest BCUT2D eigenvalue weighted by molar-refractivity contribution is -0.222. The quantitative estimate of drug-likeness (QED) is 0.143. The van der Waals surface area contributed by atoms with Crippen LogP contribution in [0.1, 0.15) is 16.6 Å². The minimum atomic E-state index is -5.32. The monoisotopic (exact) mass is 522 g/mol. The Morgan fingerprint density at radius 1 is 1.28 bits per heavy atom. The van der Waals surface area contributed by atoms with Gasteiger partial charge in [-0.25, -0.2) is 19.7 Å². The van der Waals surface area contributed by atoms with E-state index in [1.54, 1.807) is 0 Å². The molecule has 0 aromatic carbocycles. The first kappa shape index (κ1) is 23.8. The van der Waals surface area contributed by atoms with Crippen molar-refractivity contribution in [3.8, 4) is 0 Å². The van der Waals surface area contributed by atoms with Crippen LogP contribution in [-0.4, -0.2) is 75.6 Å². The van der Waals surface area contributed by atoms with E-state index in [0.717, 1.165) is 6.20 Å². The molecule has 5 rings (SSSR count). The molecule has 4 aromatic rings. The number of hydrogen-bond acceptors (Lipinski definition) is 15. The summed E-state index contributed by atoms with van der Waals surface area (Å²) in [6.45, 7) is -0.820. The fourth-order valence-electron chi connectivity index (χ4n) is 3.71. The molecule has 8 N–H and O–H groups in total. The fourth-order valence-corrected chi connectivity index (χ4v) is 4.40. The Morgan fingerprint density at radius 3 is 2.83 bits per heavy atom. The van der Waals surface area contributed by atoms with E-state index < -0.39 is 56.1 Å². The van der Waals surface area contributed by atoms with Gasteiger partial charge in [0.05, 0.1) is 23.9 Å². The van der Waals surface area contributed by atoms with Crippen LogP contribution in [0.15, 0.2) is 23.6 Å². The number of aromatic nitrogens is 7. The Balaban J connectivity index is 1.28. The smallest absolute Gasteiger partial charge is 0.346 e. The zero-order valence-electron chi connectivity index (χ0n) is 17.8. The lowest BCUT2D eigenvalue weighted by Gasteiger charge is -2.24. The van der Waals surface area contributed by atoms with Crippen LogP contribution in [0.4, 0.5) is 11.8 Å². The van der Waals surface area contributed by atoms with Crippen LogP contribution in [0.5, 0.6) is 0 Å². The maximum Gasteiger partial charge on any atom is 0.346 e. The van der Waals surface area contributed by atoms with E-state index in [9.17, 15) is 29.3 Å². The number of nitrogens with two attached hydrogens (primary N) is 2. The number of rotatable bonds is 6. The van der Waals surface area contributed by atoms with Gasteiger partial charge in [0.2, 0.25) is 5.95 Å². The van der Waals surface area contributed by atoms with Crippen LogP contribution in [0.25, 0.3) is 22.2 Å². The molecule has 0 aliphatic carbocycles. The number of nitrogens with zero attached hydrogens (tertiary/aromatic N) is 5. The maximum absolute atomic E-state index is 12.4. The van der Waals surface area contributed by atoms with Gasteiger partial charge in [0.15, 0.2) is 17.7 Å². The fraction of sp³-hybridized carbons (Fsp3) is 0.294. The van der Waals surface area contributed by atoms with Crippen LogP contribution in [0.2, 0.25) is 0 Å². The minimum absolute atomic E-state index is 0.0635. The zero-order valence-corrected chi connectivity index (χ0v) is 18.7. The molecule has 0 amide bonds. The highest BCUT2D eigenvalue weighted by Crippen LogP contribution is 2.41. The van der Waals surface area contributed by atoms with E-state index in [4.69, 9.17) is 20.7 Å². The van der Waals surface area contributed by atoms with Crippen LogP contribution in [0.3, 0.4) is 0 Å². The lowest BCUT2D eigenvalue weighted by atomic mass is 10.1. The number of phosphoric ester groups is 1. The number of nitrogen functional groups attached to an aromatic ring is 2. The first-order valence-electron chi connectivity index (χ1n) is 10.1. The van der Waals surface area contributed by atoms with E-state index >= 15 is 0 Å². The third-order valence-corrected chi connectivity index (χ3v) is 6.22. The Hall–Kier alpha value is -3.93. The summed E-state index contributed by atoms with van der Waals surface area (Å²) in [5.74, 6) is -1.57. The molecular weight excluding hydrogens is 505 g/mol. The molecule has 36 heavy (non-hydrogen) atoms. The number of aliphatic hydroxyl groups is 2. The molecule has 1 aliphatic rings. The third kappa shape index (κ3) is 4.06. The predicted octanol–water partition coefficient (Wildman–Crippen LogP) is -2.48. The molecule has 4 aromatic heterocycles. The molecule has 1 unspecified atom stereocenters. The van der Waals surface area contributed by atoms with Crippen LogP contribution in [0, 0.1) is 0 Å². The number of nitrogens with one attached hydrogen (secondary N) is 2. The summed E-state index contributed by atoms with van der Waals surface area (Å²) < 4.78 is 28.2. The van der Waals surface area contributed by atoms with Crippen molar-refractivity contribution in [3.63, 3.8) is 0 Å². The van der Waals surface area contributed by atoms with Crippen molar-refractivity contribution in [1.29, 1.82) is 0 Å². The number of ether oxygens (including phenoxy) is 1. The number of carbonyl (C=O) groups excluding carboxylic acids is 1. The Bertz CT molecular complexity index is 1580. The molecule has 0 saturated carbocycles. The highest BCUT2D eigenvalue weighted by atomic mass is 31.2. The van der Waals surface area contributed by atoms with Crippen molar-refractivity contribution in [3.05, 3.63) is 34.8 Å². The number of phosphoric acid groups is 1.